The van der Waals surface area contributed by atoms with Crippen LogP contribution in [0.1, 0.15) is 30.6 Å². The van der Waals surface area contributed by atoms with Crippen LogP contribution >= 0.6 is 11.6 Å². The quantitative estimate of drug-likeness (QED) is 0.535. The number of benzene rings is 1. The maximum atomic E-state index is 10.8. The molecular formula is C14H19ClO3. The second-order valence-electron chi connectivity index (χ2n) is 4.44. The molecule has 1 rings (SSSR count). The highest BCUT2D eigenvalue weighted by molar-refractivity contribution is 6.30. The van der Waals surface area contributed by atoms with E-state index in [2.05, 4.69) is 13.8 Å². The van der Waals surface area contributed by atoms with Crippen LogP contribution in [0.3, 0.4) is 0 Å². The summed E-state index contributed by atoms with van der Waals surface area (Å²) < 4.78 is 10.9. The molecule has 0 N–H and O–H groups in total. The van der Waals surface area contributed by atoms with Crippen LogP contribution in [0.2, 0.25) is 5.02 Å². The number of halogens is 1. The Kier molecular flexibility index (Phi) is 6.76. The summed E-state index contributed by atoms with van der Waals surface area (Å²) >= 11 is 5.79. The smallest absolute Gasteiger partial charge is 0.153 e. The van der Waals surface area contributed by atoms with Crippen LogP contribution < -0.4 is 4.74 Å². The average Bonchev–Trinajstić information content (AvgIpc) is 2.34. The predicted octanol–water partition coefficient (Wildman–Crippen LogP) is 3.59. The molecule has 0 fully saturated rings. The summed E-state index contributed by atoms with van der Waals surface area (Å²) in [7, 11) is 0. The van der Waals surface area contributed by atoms with Crippen LogP contribution in [-0.4, -0.2) is 26.1 Å². The highest BCUT2D eigenvalue weighted by Crippen LogP contribution is 2.21. The Morgan fingerprint density at radius 3 is 2.72 bits per heavy atom. The SMILES string of the molecule is CC(C)CCOCCOc1ccc(Cl)cc1C=O. The van der Waals surface area contributed by atoms with Crippen molar-refractivity contribution in [3.63, 3.8) is 0 Å². The van der Waals surface area contributed by atoms with Gasteiger partial charge in [0.25, 0.3) is 0 Å². The van der Waals surface area contributed by atoms with Crippen molar-refractivity contribution in [1.29, 1.82) is 0 Å². The van der Waals surface area contributed by atoms with Crippen molar-refractivity contribution in [2.45, 2.75) is 20.3 Å². The minimum Gasteiger partial charge on any atom is -0.490 e. The van der Waals surface area contributed by atoms with Gasteiger partial charge in [-0.15, -0.1) is 0 Å². The van der Waals surface area contributed by atoms with Crippen molar-refractivity contribution in [2.24, 2.45) is 5.92 Å². The van der Waals surface area contributed by atoms with E-state index in [4.69, 9.17) is 21.1 Å². The molecule has 0 atom stereocenters. The minimum absolute atomic E-state index is 0.431. The van der Waals surface area contributed by atoms with E-state index in [1.807, 2.05) is 0 Å². The molecule has 3 nitrogen and oxygen atoms in total. The first-order chi connectivity index (χ1) is 8.63. The summed E-state index contributed by atoms with van der Waals surface area (Å²) in [6.07, 6.45) is 1.78. The second-order valence-corrected chi connectivity index (χ2v) is 4.88. The van der Waals surface area contributed by atoms with Gasteiger partial charge >= 0.3 is 0 Å². The lowest BCUT2D eigenvalue weighted by Crippen LogP contribution is -2.09. The van der Waals surface area contributed by atoms with E-state index in [0.29, 0.717) is 35.5 Å². The zero-order valence-electron chi connectivity index (χ0n) is 10.8. The highest BCUT2D eigenvalue weighted by atomic mass is 35.5. The van der Waals surface area contributed by atoms with Crippen molar-refractivity contribution in [3.05, 3.63) is 28.8 Å². The van der Waals surface area contributed by atoms with Crippen molar-refractivity contribution < 1.29 is 14.3 Å². The van der Waals surface area contributed by atoms with Gasteiger partial charge < -0.3 is 9.47 Å². The summed E-state index contributed by atoms with van der Waals surface area (Å²) in [5, 5.41) is 0.526. The molecular weight excluding hydrogens is 252 g/mol. The molecule has 0 saturated heterocycles. The second kappa shape index (κ2) is 8.11. The molecule has 0 radical (unpaired) electrons. The number of carbonyl (C=O) groups is 1. The van der Waals surface area contributed by atoms with E-state index in [1.165, 1.54) is 0 Å². The van der Waals surface area contributed by atoms with Gasteiger partial charge in [-0.25, -0.2) is 0 Å². The lowest BCUT2D eigenvalue weighted by Gasteiger charge is -2.10. The van der Waals surface area contributed by atoms with E-state index in [9.17, 15) is 4.79 Å². The summed E-state index contributed by atoms with van der Waals surface area (Å²) in [5.74, 6) is 1.19. The van der Waals surface area contributed by atoms with Crippen LogP contribution in [0.5, 0.6) is 5.75 Å². The predicted molar refractivity (Wildman–Crippen MR) is 72.6 cm³/mol. The van der Waals surface area contributed by atoms with Crippen LogP contribution in [0.15, 0.2) is 18.2 Å². The Labute approximate surface area is 113 Å². The van der Waals surface area contributed by atoms with E-state index in [0.717, 1.165) is 19.3 Å². The molecule has 1 aromatic rings. The molecule has 0 aliphatic heterocycles. The first-order valence-corrected chi connectivity index (χ1v) is 6.46. The summed E-state index contributed by atoms with van der Waals surface area (Å²) in [6.45, 7) is 6.00. The molecule has 0 aromatic heterocycles. The van der Waals surface area contributed by atoms with Gasteiger partial charge in [-0.1, -0.05) is 25.4 Å². The Hall–Kier alpha value is -1.06. The third kappa shape index (κ3) is 5.52. The monoisotopic (exact) mass is 270 g/mol. The molecule has 1 aromatic carbocycles. The van der Waals surface area contributed by atoms with E-state index >= 15 is 0 Å². The van der Waals surface area contributed by atoms with Gasteiger partial charge in [-0.3, -0.25) is 4.79 Å². The number of rotatable bonds is 8. The number of hydrogen-bond acceptors (Lipinski definition) is 3. The first kappa shape index (κ1) is 15.0. The Morgan fingerprint density at radius 2 is 2.06 bits per heavy atom. The fourth-order valence-corrected chi connectivity index (χ4v) is 1.56. The van der Waals surface area contributed by atoms with Gasteiger partial charge in [0.1, 0.15) is 12.4 Å². The van der Waals surface area contributed by atoms with Crippen molar-refractivity contribution in [3.8, 4) is 5.75 Å². The third-order valence-corrected chi connectivity index (χ3v) is 2.66. The fourth-order valence-electron chi connectivity index (χ4n) is 1.37. The Morgan fingerprint density at radius 1 is 1.28 bits per heavy atom. The summed E-state index contributed by atoms with van der Waals surface area (Å²) in [4.78, 5) is 10.8. The van der Waals surface area contributed by atoms with E-state index in [1.54, 1.807) is 18.2 Å². The average molecular weight is 271 g/mol. The Balaban J connectivity index is 2.29. The maximum Gasteiger partial charge on any atom is 0.153 e. The lowest BCUT2D eigenvalue weighted by molar-refractivity contribution is 0.0917. The molecule has 0 bridgehead atoms. The molecule has 18 heavy (non-hydrogen) atoms. The first-order valence-electron chi connectivity index (χ1n) is 6.08. The molecule has 4 heteroatoms. The maximum absolute atomic E-state index is 10.8. The summed E-state index contributed by atoms with van der Waals surface area (Å²) in [5.41, 5.74) is 0.463. The van der Waals surface area contributed by atoms with Crippen molar-refractivity contribution >= 4 is 17.9 Å². The number of ether oxygens (including phenoxy) is 2. The van der Waals surface area contributed by atoms with Crippen LogP contribution in [0.25, 0.3) is 0 Å². The highest BCUT2D eigenvalue weighted by Gasteiger charge is 2.03. The zero-order valence-corrected chi connectivity index (χ0v) is 11.6. The van der Waals surface area contributed by atoms with Gasteiger partial charge in [-0.2, -0.15) is 0 Å². The molecule has 0 heterocycles. The van der Waals surface area contributed by atoms with Gasteiger partial charge in [0, 0.05) is 11.6 Å². The van der Waals surface area contributed by atoms with Crippen LogP contribution in [-0.2, 0) is 4.74 Å². The molecule has 0 unspecified atom stereocenters. The van der Waals surface area contributed by atoms with Crippen LogP contribution in [0, 0.1) is 5.92 Å². The topological polar surface area (TPSA) is 35.5 Å². The number of carbonyl (C=O) groups excluding carboxylic acids is 1. The molecule has 0 spiro atoms. The van der Waals surface area contributed by atoms with Gasteiger partial charge in [0.05, 0.1) is 12.2 Å². The fraction of sp³-hybridized carbons (Fsp3) is 0.500. The zero-order chi connectivity index (χ0) is 13.4. The van der Waals surface area contributed by atoms with Crippen molar-refractivity contribution in [2.75, 3.05) is 19.8 Å². The molecule has 0 saturated carbocycles. The summed E-state index contributed by atoms with van der Waals surface area (Å²) in [6, 6.07) is 4.98. The molecule has 0 aliphatic carbocycles. The number of hydrogen-bond donors (Lipinski definition) is 0. The van der Waals surface area contributed by atoms with Crippen molar-refractivity contribution in [1.82, 2.24) is 0 Å². The van der Waals surface area contributed by atoms with Gasteiger partial charge in [0.15, 0.2) is 6.29 Å². The standard InChI is InChI=1S/C14H19ClO3/c1-11(2)5-6-17-7-8-18-14-4-3-13(15)9-12(14)10-16/h3-4,9-11H,5-8H2,1-2H3. The lowest BCUT2D eigenvalue weighted by atomic mass is 10.1. The molecule has 100 valence electrons. The van der Waals surface area contributed by atoms with Gasteiger partial charge in [0.2, 0.25) is 0 Å². The minimum atomic E-state index is 0.431. The molecule has 0 amide bonds. The van der Waals surface area contributed by atoms with E-state index in [-0.39, 0.29) is 0 Å². The van der Waals surface area contributed by atoms with Crippen LogP contribution in [0.4, 0.5) is 0 Å². The van der Waals surface area contributed by atoms with E-state index < -0.39 is 0 Å². The largest absolute Gasteiger partial charge is 0.490 e. The third-order valence-electron chi connectivity index (χ3n) is 2.42. The van der Waals surface area contributed by atoms with Gasteiger partial charge in [-0.05, 0) is 30.5 Å². The molecule has 0 aliphatic rings. The number of aldehydes is 1. The Bertz CT molecular complexity index is 377. The normalized spacial score (nSPS) is 10.7.